The fourth-order valence-electron chi connectivity index (χ4n) is 1.49. The first-order chi connectivity index (χ1) is 9.19. The van der Waals surface area contributed by atoms with Crippen LogP contribution in [-0.4, -0.2) is 29.2 Å². The highest BCUT2D eigenvalue weighted by atomic mass is 79.9. The molecule has 1 unspecified atom stereocenters. The lowest BCUT2D eigenvalue weighted by Gasteiger charge is -2.16. The van der Waals surface area contributed by atoms with Crippen LogP contribution in [0.3, 0.4) is 0 Å². The van der Waals surface area contributed by atoms with Crippen LogP contribution in [0.5, 0.6) is 0 Å². The van der Waals surface area contributed by atoms with E-state index in [1.165, 1.54) is 0 Å². The number of carboxylic acids is 1. The SMILES string of the molecule is O=C(Cc1ccccc1Br)NC(CC(F)(F)F)C(=O)O. The van der Waals surface area contributed by atoms with E-state index in [0.29, 0.717) is 10.0 Å². The van der Waals surface area contributed by atoms with E-state index < -0.39 is 30.5 Å². The lowest BCUT2D eigenvalue weighted by Crippen LogP contribution is -2.44. The maximum Gasteiger partial charge on any atom is 0.391 e. The molecular weight excluding hydrogens is 343 g/mol. The highest BCUT2D eigenvalue weighted by molar-refractivity contribution is 9.10. The maximum atomic E-state index is 12.2. The number of nitrogens with one attached hydrogen (secondary N) is 1. The minimum atomic E-state index is -4.66. The highest BCUT2D eigenvalue weighted by Crippen LogP contribution is 2.22. The Bertz CT molecular complexity index is 505. The Morgan fingerprint density at radius 3 is 2.40 bits per heavy atom. The molecule has 1 aromatic carbocycles. The molecular formula is C12H11BrF3NO3. The summed E-state index contributed by atoms with van der Waals surface area (Å²) >= 11 is 3.19. The third-order valence-corrected chi connectivity index (χ3v) is 3.15. The van der Waals surface area contributed by atoms with E-state index in [4.69, 9.17) is 5.11 Å². The Kier molecular flexibility index (Phi) is 5.55. The Morgan fingerprint density at radius 1 is 1.30 bits per heavy atom. The Morgan fingerprint density at radius 2 is 1.90 bits per heavy atom. The average Bonchev–Trinajstić information content (AvgIpc) is 2.29. The van der Waals surface area contributed by atoms with Crippen molar-refractivity contribution >= 4 is 27.8 Å². The van der Waals surface area contributed by atoms with Gasteiger partial charge in [-0.15, -0.1) is 0 Å². The van der Waals surface area contributed by atoms with Gasteiger partial charge in [0.05, 0.1) is 12.8 Å². The van der Waals surface area contributed by atoms with Gasteiger partial charge >= 0.3 is 12.1 Å². The third kappa shape index (κ3) is 5.60. The number of carboxylic acid groups (broad SMARTS) is 1. The summed E-state index contributed by atoms with van der Waals surface area (Å²) < 4.78 is 37.2. The molecule has 110 valence electrons. The average molecular weight is 354 g/mol. The van der Waals surface area contributed by atoms with Crippen molar-refractivity contribution in [3.05, 3.63) is 34.3 Å². The first kappa shape index (κ1) is 16.5. The molecule has 0 saturated carbocycles. The number of alkyl halides is 3. The molecule has 1 aromatic rings. The van der Waals surface area contributed by atoms with Crippen LogP contribution in [0.4, 0.5) is 13.2 Å². The molecule has 0 radical (unpaired) electrons. The molecule has 0 aliphatic heterocycles. The Hall–Kier alpha value is -1.57. The van der Waals surface area contributed by atoms with Crippen molar-refractivity contribution in [2.24, 2.45) is 0 Å². The molecule has 0 fully saturated rings. The lowest BCUT2D eigenvalue weighted by molar-refractivity contribution is -0.159. The van der Waals surface area contributed by atoms with Crippen LogP contribution >= 0.6 is 15.9 Å². The van der Waals surface area contributed by atoms with E-state index >= 15 is 0 Å². The molecule has 0 saturated heterocycles. The van der Waals surface area contributed by atoms with Crippen LogP contribution in [0.15, 0.2) is 28.7 Å². The number of hydrogen-bond donors (Lipinski definition) is 2. The van der Waals surface area contributed by atoms with Crippen molar-refractivity contribution in [1.82, 2.24) is 5.32 Å². The lowest BCUT2D eigenvalue weighted by atomic mass is 10.1. The molecule has 8 heteroatoms. The number of benzene rings is 1. The van der Waals surface area contributed by atoms with Gasteiger partial charge in [-0.1, -0.05) is 34.1 Å². The number of hydrogen-bond acceptors (Lipinski definition) is 2. The van der Waals surface area contributed by atoms with Crippen LogP contribution in [-0.2, 0) is 16.0 Å². The number of aliphatic carboxylic acids is 1. The number of halogens is 4. The van der Waals surface area contributed by atoms with Gasteiger partial charge in [0.25, 0.3) is 0 Å². The Balaban J connectivity index is 2.68. The number of carbonyl (C=O) groups is 2. The van der Waals surface area contributed by atoms with Gasteiger partial charge in [0, 0.05) is 4.47 Å². The van der Waals surface area contributed by atoms with Crippen molar-refractivity contribution in [2.75, 3.05) is 0 Å². The van der Waals surface area contributed by atoms with Gasteiger partial charge in [-0.2, -0.15) is 13.2 Å². The van der Waals surface area contributed by atoms with Crippen LogP contribution in [0.25, 0.3) is 0 Å². The van der Waals surface area contributed by atoms with Gasteiger partial charge in [0.2, 0.25) is 5.91 Å². The van der Waals surface area contributed by atoms with E-state index in [-0.39, 0.29) is 6.42 Å². The smallest absolute Gasteiger partial charge is 0.391 e. The molecule has 0 aliphatic rings. The fourth-order valence-corrected chi connectivity index (χ4v) is 1.92. The fraction of sp³-hybridized carbons (Fsp3) is 0.333. The standard InChI is InChI=1S/C12H11BrF3NO3/c13-8-4-2-1-3-7(8)5-10(18)17-9(11(19)20)6-12(14,15)16/h1-4,9H,5-6H2,(H,17,18)(H,19,20). The van der Waals surface area contributed by atoms with Crippen molar-refractivity contribution in [3.8, 4) is 0 Å². The molecule has 1 amide bonds. The van der Waals surface area contributed by atoms with Gasteiger partial charge < -0.3 is 10.4 Å². The van der Waals surface area contributed by atoms with Gasteiger partial charge in [-0.25, -0.2) is 4.79 Å². The first-order valence-corrected chi connectivity index (χ1v) is 6.30. The van der Waals surface area contributed by atoms with E-state index in [1.54, 1.807) is 24.3 Å². The first-order valence-electron chi connectivity index (χ1n) is 5.51. The zero-order chi connectivity index (χ0) is 15.3. The van der Waals surface area contributed by atoms with Crippen LogP contribution < -0.4 is 5.32 Å². The molecule has 0 aliphatic carbocycles. The van der Waals surface area contributed by atoms with E-state index in [9.17, 15) is 22.8 Å². The minimum Gasteiger partial charge on any atom is -0.480 e. The second-order valence-corrected chi connectivity index (χ2v) is 4.90. The third-order valence-electron chi connectivity index (χ3n) is 2.38. The number of rotatable bonds is 5. The molecule has 0 aromatic heterocycles. The van der Waals surface area contributed by atoms with Crippen LogP contribution in [0.2, 0.25) is 0 Å². The monoisotopic (exact) mass is 353 g/mol. The summed E-state index contributed by atoms with van der Waals surface area (Å²) in [5.74, 6) is -2.50. The summed E-state index contributed by atoms with van der Waals surface area (Å²) in [6, 6.07) is 4.69. The van der Waals surface area contributed by atoms with E-state index in [2.05, 4.69) is 15.9 Å². The summed E-state index contributed by atoms with van der Waals surface area (Å²) in [4.78, 5) is 22.3. The number of carbonyl (C=O) groups excluding carboxylic acids is 1. The summed E-state index contributed by atoms with van der Waals surface area (Å²) in [6.45, 7) is 0. The summed E-state index contributed by atoms with van der Waals surface area (Å²) in [5, 5.41) is 10.6. The van der Waals surface area contributed by atoms with Crippen LogP contribution in [0, 0.1) is 0 Å². The van der Waals surface area contributed by atoms with Crippen molar-refractivity contribution in [1.29, 1.82) is 0 Å². The quantitative estimate of drug-likeness (QED) is 0.854. The Labute approximate surface area is 121 Å². The minimum absolute atomic E-state index is 0.205. The van der Waals surface area contributed by atoms with Crippen molar-refractivity contribution in [3.63, 3.8) is 0 Å². The van der Waals surface area contributed by atoms with Crippen molar-refractivity contribution < 1.29 is 27.9 Å². The molecule has 0 bridgehead atoms. The summed E-state index contributed by atoms with van der Waals surface area (Å²) in [6.07, 6.45) is -6.48. The maximum absolute atomic E-state index is 12.2. The second kappa shape index (κ2) is 6.74. The zero-order valence-corrected chi connectivity index (χ0v) is 11.7. The molecule has 4 nitrogen and oxygen atoms in total. The topological polar surface area (TPSA) is 66.4 Å². The van der Waals surface area contributed by atoms with Gasteiger partial charge in [-0.3, -0.25) is 4.79 Å². The normalized spacial score (nSPS) is 12.8. The summed E-state index contributed by atoms with van der Waals surface area (Å²) in [7, 11) is 0. The van der Waals surface area contributed by atoms with E-state index in [0.717, 1.165) is 0 Å². The molecule has 20 heavy (non-hydrogen) atoms. The van der Waals surface area contributed by atoms with E-state index in [1.807, 2.05) is 5.32 Å². The molecule has 2 N–H and O–H groups in total. The molecule has 0 heterocycles. The predicted molar refractivity (Wildman–Crippen MR) is 68.1 cm³/mol. The molecule has 1 rings (SSSR count). The highest BCUT2D eigenvalue weighted by Gasteiger charge is 2.36. The predicted octanol–water partition coefficient (Wildman–Crippen LogP) is 2.51. The zero-order valence-electron chi connectivity index (χ0n) is 10.1. The van der Waals surface area contributed by atoms with Crippen molar-refractivity contribution in [2.45, 2.75) is 25.1 Å². The largest absolute Gasteiger partial charge is 0.480 e. The van der Waals surface area contributed by atoms with Crippen LogP contribution in [0.1, 0.15) is 12.0 Å². The van der Waals surface area contributed by atoms with Gasteiger partial charge in [0.15, 0.2) is 0 Å². The van der Waals surface area contributed by atoms with Gasteiger partial charge in [-0.05, 0) is 11.6 Å². The molecule has 0 spiro atoms. The second-order valence-electron chi connectivity index (χ2n) is 4.05. The van der Waals surface area contributed by atoms with Gasteiger partial charge in [0.1, 0.15) is 6.04 Å². The molecule has 1 atom stereocenters. The number of amides is 1. The summed E-state index contributed by atoms with van der Waals surface area (Å²) in [5.41, 5.74) is 0.557.